The van der Waals surface area contributed by atoms with Crippen LogP contribution in [0.15, 0.2) is 94.7 Å². The number of hydrogen-bond donors (Lipinski definition) is 2. The van der Waals surface area contributed by atoms with Gasteiger partial charge in [0.1, 0.15) is 18.0 Å². The molecule has 226 valence electrons. The second-order valence-corrected chi connectivity index (χ2v) is 13.4. The number of sulfonamides is 2. The van der Waals surface area contributed by atoms with Crippen LogP contribution in [0.4, 0.5) is 17.1 Å². The first-order chi connectivity index (χ1) is 20.3. The minimum atomic E-state index is -4.18. The molecule has 0 aliphatic rings. The van der Waals surface area contributed by atoms with E-state index in [4.69, 9.17) is 9.47 Å². The van der Waals surface area contributed by atoms with Crippen molar-refractivity contribution in [2.45, 2.75) is 30.6 Å². The first-order valence-corrected chi connectivity index (χ1v) is 16.1. The Labute approximate surface area is 252 Å². The zero-order chi connectivity index (χ0) is 31.4. The summed E-state index contributed by atoms with van der Waals surface area (Å²) in [4.78, 5) is 13.2. The van der Waals surface area contributed by atoms with Crippen LogP contribution in [0.5, 0.6) is 11.5 Å². The van der Waals surface area contributed by atoms with E-state index >= 15 is 0 Å². The van der Waals surface area contributed by atoms with Crippen LogP contribution >= 0.6 is 0 Å². The highest BCUT2D eigenvalue weighted by molar-refractivity contribution is 7.93. The Kier molecular flexibility index (Phi) is 9.31. The number of anilines is 3. The molecule has 0 spiro atoms. The van der Waals surface area contributed by atoms with Gasteiger partial charge >= 0.3 is 0 Å². The highest BCUT2D eigenvalue weighted by Gasteiger charge is 2.30. The summed E-state index contributed by atoms with van der Waals surface area (Å²) in [6.07, 6.45) is 0. The number of methoxy groups -OCH3 is 2. The molecule has 0 aliphatic carbocycles. The van der Waals surface area contributed by atoms with Gasteiger partial charge < -0.3 is 14.8 Å². The van der Waals surface area contributed by atoms with Gasteiger partial charge in [0.15, 0.2) is 0 Å². The molecule has 0 saturated heterocycles. The van der Waals surface area contributed by atoms with Crippen molar-refractivity contribution in [3.8, 4) is 11.5 Å². The lowest BCUT2D eigenvalue weighted by molar-refractivity contribution is -0.114. The van der Waals surface area contributed by atoms with E-state index in [-0.39, 0.29) is 26.9 Å². The fraction of sp³-hybridized carbons (Fsp3) is 0.194. The summed E-state index contributed by atoms with van der Waals surface area (Å²) in [5.74, 6) is 0.00676. The van der Waals surface area contributed by atoms with Crippen LogP contribution < -0.4 is 23.8 Å². The molecule has 10 nitrogen and oxygen atoms in total. The molecule has 4 aromatic carbocycles. The van der Waals surface area contributed by atoms with Gasteiger partial charge in [-0.15, -0.1) is 0 Å². The average molecular weight is 624 g/mol. The maximum absolute atomic E-state index is 13.8. The first kappa shape index (κ1) is 31.4. The number of nitrogens with zero attached hydrogens (tertiary/aromatic N) is 1. The van der Waals surface area contributed by atoms with Crippen molar-refractivity contribution >= 4 is 43.0 Å². The van der Waals surface area contributed by atoms with Crippen LogP contribution in [-0.2, 0) is 24.8 Å². The van der Waals surface area contributed by atoms with E-state index in [9.17, 15) is 21.6 Å². The third kappa shape index (κ3) is 7.27. The Balaban J connectivity index is 1.58. The number of carbonyl (C=O) groups is 1. The van der Waals surface area contributed by atoms with E-state index < -0.39 is 32.5 Å². The lowest BCUT2D eigenvalue weighted by Gasteiger charge is -2.26. The molecular formula is C31H33N3O7S2. The summed E-state index contributed by atoms with van der Waals surface area (Å²) in [5, 5.41) is 2.66. The Morgan fingerprint density at radius 2 is 1.23 bits per heavy atom. The molecule has 0 bridgehead atoms. The fourth-order valence-electron chi connectivity index (χ4n) is 4.29. The van der Waals surface area contributed by atoms with E-state index in [1.165, 1.54) is 50.6 Å². The maximum atomic E-state index is 13.8. The van der Waals surface area contributed by atoms with E-state index in [0.29, 0.717) is 11.4 Å². The highest BCUT2D eigenvalue weighted by atomic mass is 32.2. The zero-order valence-corrected chi connectivity index (χ0v) is 26.0. The van der Waals surface area contributed by atoms with Gasteiger partial charge in [-0.3, -0.25) is 13.8 Å². The molecule has 2 N–H and O–H groups in total. The number of carbonyl (C=O) groups excluding carboxylic acids is 1. The largest absolute Gasteiger partial charge is 0.495 e. The minimum absolute atomic E-state index is 0.0155. The van der Waals surface area contributed by atoms with Crippen molar-refractivity contribution in [1.29, 1.82) is 0 Å². The van der Waals surface area contributed by atoms with E-state index in [2.05, 4.69) is 10.0 Å². The molecule has 0 unspecified atom stereocenters. The van der Waals surface area contributed by atoms with Crippen LogP contribution in [0.2, 0.25) is 0 Å². The van der Waals surface area contributed by atoms with Gasteiger partial charge in [0, 0.05) is 5.69 Å². The minimum Gasteiger partial charge on any atom is -0.495 e. The number of aryl methyl sites for hydroxylation is 3. The predicted octanol–water partition coefficient (Wildman–Crippen LogP) is 5.26. The van der Waals surface area contributed by atoms with Crippen molar-refractivity contribution in [2.24, 2.45) is 0 Å². The van der Waals surface area contributed by atoms with Crippen LogP contribution in [0.25, 0.3) is 0 Å². The van der Waals surface area contributed by atoms with Gasteiger partial charge in [0.2, 0.25) is 5.91 Å². The Hall–Kier alpha value is -4.55. The SMILES string of the molecule is COc1ccc(C)cc1NS(=O)(=O)c1ccc(NC(=O)CN(c2cc(C)ccc2OC)S(=O)(=O)c2ccc(C)cc2)cc1. The molecule has 4 rings (SSSR count). The Morgan fingerprint density at radius 1 is 0.698 bits per heavy atom. The summed E-state index contributed by atoms with van der Waals surface area (Å²) >= 11 is 0. The van der Waals surface area contributed by atoms with Crippen LogP contribution in [0, 0.1) is 20.8 Å². The second-order valence-electron chi connectivity index (χ2n) is 9.88. The lowest BCUT2D eigenvalue weighted by atomic mass is 10.2. The smallest absolute Gasteiger partial charge is 0.264 e. The van der Waals surface area contributed by atoms with Gasteiger partial charge in [-0.05, 0) is 92.6 Å². The van der Waals surface area contributed by atoms with Crippen molar-refractivity contribution in [2.75, 3.05) is 35.1 Å². The van der Waals surface area contributed by atoms with Crippen molar-refractivity contribution < 1.29 is 31.1 Å². The summed E-state index contributed by atoms with van der Waals surface area (Å²) < 4.78 is 67.9. The molecule has 0 aliphatic heterocycles. The first-order valence-electron chi connectivity index (χ1n) is 13.2. The van der Waals surface area contributed by atoms with Gasteiger partial charge in [-0.2, -0.15) is 0 Å². The lowest BCUT2D eigenvalue weighted by Crippen LogP contribution is -2.38. The van der Waals surface area contributed by atoms with Gasteiger partial charge in [0.05, 0.1) is 35.4 Å². The number of benzene rings is 4. The molecule has 12 heteroatoms. The standard InChI is InChI=1S/C31H33N3O7S2/c1-21-6-12-26(13-7-21)43(38,39)34(28-19-23(3)9-17-30(28)41-5)20-31(35)32-24-10-14-25(15-11-24)42(36,37)33-27-18-22(2)8-16-29(27)40-4/h6-19,33H,20H2,1-5H3,(H,32,35). The molecular weight excluding hydrogens is 590 g/mol. The predicted molar refractivity (Wildman–Crippen MR) is 167 cm³/mol. The molecule has 0 fully saturated rings. The molecule has 0 atom stereocenters. The second kappa shape index (κ2) is 12.8. The Morgan fingerprint density at radius 3 is 1.84 bits per heavy atom. The van der Waals surface area contributed by atoms with E-state index in [0.717, 1.165) is 21.0 Å². The molecule has 0 heterocycles. The van der Waals surface area contributed by atoms with E-state index in [1.807, 2.05) is 13.8 Å². The molecule has 1 amide bonds. The van der Waals surface area contributed by atoms with Gasteiger partial charge in [0.25, 0.3) is 20.0 Å². The summed E-state index contributed by atoms with van der Waals surface area (Å²) in [6.45, 7) is 4.91. The summed E-state index contributed by atoms with van der Waals surface area (Å²) in [7, 11) is -5.28. The maximum Gasteiger partial charge on any atom is 0.264 e. The topological polar surface area (TPSA) is 131 Å². The highest BCUT2D eigenvalue weighted by Crippen LogP contribution is 2.34. The van der Waals surface area contributed by atoms with Crippen LogP contribution in [-0.4, -0.2) is 43.5 Å². The summed E-state index contributed by atoms with van der Waals surface area (Å²) in [6, 6.07) is 22.0. The number of amides is 1. The monoisotopic (exact) mass is 623 g/mol. The van der Waals surface area contributed by atoms with Gasteiger partial charge in [-0.25, -0.2) is 16.8 Å². The third-order valence-electron chi connectivity index (χ3n) is 6.55. The van der Waals surface area contributed by atoms with Crippen LogP contribution in [0.1, 0.15) is 16.7 Å². The van der Waals surface area contributed by atoms with Crippen molar-refractivity contribution in [3.05, 3.63) is 102 Å². The number of nitrogens with one attached hydrogen (secondary N) is 2. The number of hydrogen-bond acceptors (Lipinski definition) is 7. The molecule has 0 radical (unpaired) electrons. The van der Waals surface area contributed by atoms with Gasteiger partial charge in [-0.1, -0.05) is 29.8 Å². The zero-order valence-electron chi connectivity index (χ0n) is 24.4. The fourth-order valence-corrected chi connectivity index (χ4v) is 6.77. The molecule has 0 saturated carbocycles. The normalized spacial score (nSPS) is 11.5. The third-order valence-corrected chi connectivity index (χ3v) is 9.70. The molecule has 43 heavy (non-hydrogen) atoms. The average Bonchev–Trinajstić information content (AvgIpc) is 2.96. The molecule has 4 aromatic rings. The quantitative estimate of drug-likeness (QED) is 0.233. The molecule has 0 aromatic heterocycles. The van der Waals surface area contributed by atoms with Crippen molar-refractivity contribution in [3.63, 3.8) is 0 Å². The number of rotatable bonds is 11. The summed E-state index contributed by atoms with van der Waals surface area (Å²) in [5.41, 5.74) is 3.28. The van der Waals surface area contributed by atoms with Crippen LogP contribution in [0.3, 0.4) is 0 Å². The number of ether oxygens (including phenoxy) is 2. The van der Waals surface area contributed by atoms with Crippen molar-refractivity contribution in [1.82, 2.24) is 0 Å². The van der Waals surface area contributed by atoms with E-state index in [1.54, 1.807) is 55.5 Å². The Bertz CT molecular complexity index is 1840.